The maximum Gasteiger partial charge on any atom is 0.255 e. The summed E-state index contributed by atoms with van der Waals surface area (Å²) in [5.41, 5.74) is 3.72. The first-order valence-electron chi connectivity index (χ1n) is 8.21. The van der Waals surface area contributed by atoms with Crippen molar-refractivity contribution in [1.29, 1.82) is 0 Å². The van der Waals surface area contributed by atoms with Crippen molar-refractivity contribution >= 4 is 11.6 Å². The van der Waals surface area contributed by atoms with Crippen molar-refractivity contribution in [2.24, 2.45) is 0 Å². The molecule has 0 radical (unpaired) electrons. The highest BCUT2D eigenvalue weighted by Gasteiger charge is 2.07. The van der Waals surface area contributed by atoms with Crippen LogP contribution in [0.2, 0.25) is 0 Å². The molecule has 0 saturated heterocycles. The third-order valence-electron chi connectivity index (χ3n) is 3.80. The van der Waals surface area contributed by atoms with Gasteiger partial charge in [-0.2, -0.15) is 5.10 Å². The molecular formula is C20H22N4O. The van der Waals surface area contributed by atoms with Gasteiger partial charge < -0.3 is 10.2 Å². The Morgan fingerprint density at radius 2 is 1.88 bits per heavy atom. The van der Waals surface area contributed by atoms with E-state index in [0.29, 0.717) is 12.1 Å². The zero-order chi connectivity index (χ0) is 17.6. The van der Waals surface area contributed by atoms with E-state index >= 15 is 0 Å². The molecule has 128 valence electrons. The molecule has 2 aromatic carbocycles. The summed E-state index contributed by atoms with van der Waals surface area (Å²) in [7, 11) is 4.05. The number of aromatic nitrogens is 2. The normalized spacial score (nSPS) is 10.8. The summed E-state index contributed by atoms with van der Waals surface area (Å²) in [6, 6.07) is 17.4. The van der Waals surface area contributed by atoms with E-state index in [1.54, 1.807) is 6.20 Å². The Labute approximate surface area is 147 Å². The summed E-state index contributed by atoms with van der Waals surface area (Å²) in [6.45, 7) is 1.54. The lowest BCUT2D eigenvalue weighted by molar-refractivity contribution is 0.102. The second-order valence-corrected chi connectivity index (χ2v) is 6.29. The largest absolute Gasteiger partial charge is 0.322 e. The van der Waals surface area contributed by atoms with Crippen molar-refractivity contribution in [2.75, 3.05) is 19.4 Å². The molecule has 1 amide bonds. The fourth-order valence-electron chi connectivity index (χ4n) is 2.66. The van der Waals surface area contributed by atoms with Crippen LogP contribution in [-0.4, -0.2) is 34.7 Å². The average Bonchev–Trinajstić information content (AvgIpc) is 3.08. The molecule has 0 aliphatic heterocycles. The molecule has 3 rings (SSSR count). The van der Waals surface area contributed by atoms with Crippen molar-refractivity contribution in [3.05, 3.63) is 83.7 Å². The SMILES string of the molecule is CN(C)Cc1cccc(NC(=O)c2ccc(Cn3cccn3)cc2)c1. The number of nitrogens with one attached hydrogen (secondary N) is 1. The molecule has 1 heterocycles. The maximum absolute atomic E-state index is 12.4. The average molecular weight is 334 g/mol. The zero-order valence-electron chi connectivity index (χ0n) is 14.5. The van der Waals surface area contributed by atoms with E-state index in [-0.39, 0.29) is 5.91 Å². The minimum atomic E-state index is -0.104. The molecule has 0 bridgehead atoms. The van der Waals surface area contributed by atoms with E-state index in [4.69, 9.17) is 0 Å². The zero-order valence-corrected chi connectivity index (χ0v) is 14.5. The number of carbonyl (C=O) groups excluding carboxylic acids is 1. The first kappa shape index (κ1) is 16.9. The lowest BCUT2D eigenvalue weighted by atomic mass is 10.1. The first-order valence-corrected chi connectivity index (χ1v) is 8.21. The molecule has 1 aromatic heterocycles. The van der Waals surface area contributed by atoms with Crippen molar-refractivity contribution in [3.8, 4) is 0 Å². The van der Waals surface area contributed by atoms with Crippen molar-refractivity contribution in [3.63, 3.8) is 0 Å². The number of carbonyl (C=O) groups is 1. The van der Waals surface area contributed by atoms with Crippen molar-refractivity contribution in [2.45, 2.75) is 13.1 Å². The summed E-state index contributed by atoms with van der Waals surface area (Å²) in [4.78, 5) is 14.5. The van der Waals surface area contributed by atoms with E-state index in [1.807, 2.05) is 73.5 Å². The summed E-state index contributed by atoms with van der Waals surface area (Å²) in [5, 5.41) is 7.15. The molecule has 1 N–H and O–H groups in total. The van der Waals surface area contributed by atoms with Gasteiger partial charge in [-0.05, 0) is 55.6 Å². The van der Waals surface area contributed by atoms with E-state index in [0.717, 1.165) is 23.4 Å². The number of hydrogen-bond acceptors (Lipinski definition) is 3. The van der Waals surface area contributed by atoms with Gasteiger partial charge in [0.25, 0.3) is 5.91 Å². The van der Waals surface area contributed by atoms with Gasteiger partial charge in [0.2, 0.25) is 0 Å². The molecule has 0 aliphatic carbocycles. The Bertz CT molecular complexity index is 823. The van der Waals surface area contributed by atoms with Crippen LogP contribution in [0, 0.1) is 0 Å². The fraction of sp³-hybridized carbons (Fsp3) is 0.200. The number of anilines is 1. The van der Waals surface area contributed by atoms with Crippen LogP contribution >= 0.6 is 0 Å². The first-order chi connectivity index (χ1) is 12.1. The Balaban J connectivity index is 1.65. The molecule has 0 saturated carbocycles. The van der Waals surface area contributed by atoms with E-state index in [9.17, 15) is 4.79 Å². The van der Waals surface area contributed by atoms with Crippen LogP contribution < -0.4 is 5.32 Å². The monoisotopic (exact) mass is 334 g/mol. The predicted octanol–water partition coefficient (Wildman–Crippen LogP) is 3.25. The van der Waals surface area contributed by atoms with Crippen LogP contribution in [-0.2, 0) is 13.1 Å². The molecule has 0 unspecified atom stereocenters. The second-order valence-electron chi connectivity index (χ2n) is 6.29. The molecule has 25 heavy (non-hydrogen) atoms. The summed E-state index contributed by atoms with van der Waals surface area (Å²) in [6.07, 6.45) is 3.67. The van der Waals surface area contributed by atoms with Crippen LogP contribution in [0.5, 0.6) is 0 Å². The highest BCUT2D eigenvalue weighted by Crippen LogP contribution is 2.14. The van der Waals surface area contributed by atoms with Gasteiger partial charge in [0.05, 0.1) is 6.54 Å². The van der Waals surface area contributed by atoms with Crippen molar-refractivity contribution < 1.29 is 4.79 Å². The molecule has 0 atom stereocenters. The van der Waals surface area contributed by atoms with E-state index in [1.165, 1.54) is 0 Å². The molecule has 5 nitrogen and oxygen atoms in total. The van der Waals surface area contributed by atoms with Gasteiger partial charge in [-0.1, -0.05) is 24.3 Å². The van der Waals surface area contributed by atoms with Crippen LogP contribution in [0.4, 0.5) is 5.69 Å². The number of amides is 1. The van der Waals surface area contributed by atoms with Gasteiger partial charge in [0.1, 0.15) is 0 Å². The number of rotatable bonds is 6. The fourth-order valence-corrected chi connectivity index (χ4v) is 2.66. The smallest absolute Gasteiger partial charge is 0.255 e. The highest BCUT2D eigenvalue weighted by molar-refractivity contribution is 6.04. The van der Waals surface area contributed by atoms with Crippen molar-refractivity contribution in [1.82, 2.24) is 14.7 Å². The highest BCUT2D eigenvalue weighted by atomic mass is 16.1. The van der Waals surface area contributed by atoms with Crippen LogP contribution in [0.25, 0.3) is 0 Å². The maximum atomic E-state index is 12.4. The Hall–Kier alpha value is -2.92. The second kappa shape index (κ2) is 7.77. The Kier molecular flexibility index (Phi) is 5.26. The number of nitrogens with zero attached hydrogens (tertiary/aromatic N) is 3. The van der Waals surface area contributed by atoms with Crippen LogP contribution in [0.1, 0.15) is 21.5 Å². The molecule has 0 fully saturated rings. The van der Waals surface area contributed by atoms with Crippen LogP contribution in [0.15, 0.2) is 67.0 Å². The minimum absolute atomic E-state index is 0.104. The van der Waals surface area contributed by atoms with Gasteiger partial charge >= 0.3 is 0 Å². The third-order valence-corrected chi connectivity index (χ3v) is 3.80. The molecule has 0 spiro atoms. The summed E-state index contributed by atoms with van der Waals surface area (Å²) < 4.78 is 1.85. The number of hydrogen-bond donors (Lipinski definition) is 1. The number of benzene rings is 2. The van der Waals surface area contributed by atoms with E-state index < -0.39 is 0 Å². The lowest BCUT2D eigenvalue weighted by Gasteiger charge is -2.11. The van der Waals surface area contributed by atoms with Gasteiger partial charge in [-0.25, -0.2) is 0 Å². The van der Waals surface area contributed by atoms with Crippen LogP contribution in [0.3, 0.4) is 0 Å². The lowest BCUT2D eigenvalue weighted by Crippen LogP contribution is -2.13. The van der Waals surface area contributed by atoms with Gasteiger partial charge in [0.15, 0.2) is 0 Å². The molecular weight excluding hydrogens is 312 g/mol. The summed E-state index contributed by atoms with van der Waals surface area (Å²) in [5.74, 6) is -0.104. The topological polar surface area (TPSA) is 50.2 Å². The van der Waals surface area contributed by atoms with Gasteiger partial charge in [-0.15, -0.1) is 0 Å². The third kappa shape index (κ3) is 4.78. The van der Waals surface area contributed by atoms with Gasteiger partial charge in [-0.3, -0.25) is 9.48 Å². The molecule has 3 aromatic rings. The Morgan fingerprint density at radius 3 is 2.56 bits per heavy atom. The van der Waals surface area contributed by atoms with Gasteiger partial charge in [0, 0.05) is 30.2 Å². The van der Waals surface area contributed by atoms with E-state index in [2.05, 4.69) is 21.4 Å². The molecule has 0 aliphatic rings. The summed E-state index contributed by atoms with van der Waals surface area (Å²) >= 11 is 0. The quantitative estimate of drug-likeness (QED) is 0.753. The Morgan fingerprint density at radius 1 is 1.08 bits per heavy atom. The minimum Gasteiger partial charge on any atom is -0.322 e. The predicted molar refractivity (Wildman–Crippen MR) is 99.6 cm³/mol. The standard InChI is InChI=1S/C20H22N4O/c1-23(2)14-17-5-3-6-19(13-17)22-20(25)18-9-7-16(8-10-18)15-24-12-4-11-21-24/h3-13H,14-15H2,1-2H3,(H,22,25). The molecule has 5 heteroatoms.